The summed E-state index contributed by atoms with van der Waals surface area (Å²) in [5.74, 6) is -1.16. The van der Waals surface area contributed by atoms with Crippen LogP contribution in [0, 0.1) is 0 Å². The SMILES string of the molecule is CON(CCN(C)C(=O)OC(C)(C)C)C(=O)OCc1ccc(NC(=O)[C@H](C)NC(=O)[C@H](C)NC(=O)OCC2c3ccccc3-c3ccccc32)cc1. The fourth-order valence-corrected chi connectivity index (χ4v) is 5.37. The molecule has 0 heterocycles. The van der Waals surface area contributed by atoms with Crippen molar-refractivity contribution >= 4 is 35.8 Å². The number of hydroxylamine groups is 2. The molecular weight excluding hydrogens is 670 g/mol. The van der Waals surface area contributed by atoms with Gasteiger partial charge in [-0.15, -0.1) is 0 Å². The predicted molar refractivity (Wildman–Crippen MR) is 193 cm³/mol. The van der Waals surface area contributed by atoms with E-state index in [2.05, 4.69) is 16.0 Å². The summed E-state index contributed by atoms with van der Waals surface area (Å²) in [6.07, 6.45) is -2.02. The molecule has 0 fully saturated rings. The van der Waals surface area contributed by atoms with Gasteiger partial charge in [-0.3, -0.25) is 14.4 Å². The molecule has 1 aliphatic carbocycles. The lowest BCUT2D eigenvalue weighted by Gasteiger charge is -2.26. The molecule has 0 aromatic heterocycles. The van der Waals surface area contributed by atoms with Crippen molar-refractivity contribution in [2.75, 3.05) is 39.2 Å². The number of likely N-dealkylation sites (N-methyl/N-ethyl adjacent to an activating group) is 1. The van der Waals surface area contributed by atoms with Crippen LogP contribution in [0.3, 0.4) is 0 Å². The van der Waals surface area contributed by atoms with Gasteiger partial charge in [0.2, 0.25) is 11.8 Å². The molecule has 52 heavy (non-hydrogen) atoms. The molecule has 2 atom stereocenters. The van der Waals surface area contributed by atoms with Gasteiger partial charge in [-0.1, -0.05) is 60.7 Å². The Morgan fingerprint density at radius 2 is 1.33 bits per heavy atom. The van der Waals surface area contributed by atoms with E-state index in [1.54, 1.807) is 52.1 Å². The molecule has 0 saturated carbocycles. The Morgan fingerprint density at radius 3 is 1.90 bits per heavy atom. The summed E-state index contributed by atoms with van der Waals surface area (Å²) in [5, 5.41) is 8.84. The molecule has 0 unspecified atom stereocenters. The second-order valence-corrected chi connectivity index (χ2v) is 13.3. The maximum absolute atomic E-state index is 12.8. The zero-order valence-corrected chi connectivity index (χ0v) is 30.6. The number of nitrogens with one attached hydrogen (secondary N) is 3. The van der Waals surface area contributed by atoms with Crippen LogP contribution in [0.4, 0.5) is 20.1 Å². The number of carbonyl (C=O) groups excluding carboxylic acids is 5. The summed E-state index contributed by atoms with van der Waals surface area (Å²) in [5.41, 5.74) is 4.82. The van der Waals surface area contributed by atoms with Crippen LogP contribution < -0.4 is 16.0 Å². The monoisotopic (exact) mass is 717 g/mol. The smallest absolute Gasteiger partial charge is 0.434 e. The highest BCUT2D eigenvalue weighted by atomic mass is 16.7. The van der Waals surface area contributed by atoms with Crippen LogP contribution >= 0.6 is 0 Å². The number of nitrogens with zero attached hydrogens (tertiary/aromatic N) is 2. The number of hydrogen-bond donors (Lipinski definition) is 3. The first kappa shape index (κ1) is 39.2. The first-order valence-corrected chi connectivity index (χ1v) is 16.9. The van der Waals surface area contributed by atoms with E-state index in [-0.39, 0.29) is 32.2 Å². The van der Waals surface area contributed by atoms with Crippen LogP contribution in [-0.2, 0) is 35.2 Å². The molecule has 0 saturated heterocycles. The molecule has 14 nitrogen and oxygen atoms in total. The molecule has 3 aromatic rings. The first-order valence-electron chi connectivity index (χ1n) is 16.9. The number of carbonyl (C=O) groups is 5. The van der Waals surface area contributed by atoms with Crippen LogP contribution in [0.25, 0.3) is 11.1 Å². The van der Waals surface area contributed by atoms with E-state index >= 15 is 0 Å². The van der Waals surface area contributed by atoms with Gasteiger partial charge in [-0.25, -0.2) is 14.4 Å². The minimum absolute atomic E-state index is 0.0506. The molecule has 5 amide bonds. The Morgan fingerprint density at radius 1 is 0.750 bits per heavy atom. The summed E-state index contributed by atoms with van der Waals surface area (Å²) >= 11 is 0. The molecule has 0 spiro atoms. The van der Waals surface area contributed by atoms with Crippen molar-refractivity contribution in [3.05, 3.63) is 89.5 Å². The highest BCUT2D eigenvalue weighted by molar-refractivity contribution is 5.98. The molecule has 0 aliphatic heterocycles. The third kappa shape index (κ3) is 10.7. The average Bonchev–Trinajstić information content (AvgIpc) is 3.43. The van der Waals surface area contributed by atoms with Gasteiger partial charge in [0.15, 0.2) is 0 Å². The summed E-state index contributed by atoms with van der Waals surface area (Å²) in [6.45, 7) is 8.54. The lowest BCUT2D eigenvalue weighted by Crippen LogP contribution is -2.50. The topological polar surface area (TPSA) is 165 Å². The molecular formula is C38H47N5O9. The summed E-state index contributed by atoms with van der Waals surface area (Å²) in [4.78, 5) is 69.4. The van der Waals surface area contributed by atoms with E-state index in [0.717, 1.165) is 27.3 Å². The number of alkyl carbamates (subject to hydrolysis) is 1. The van der Waals surface area contributed by atoms with E-state index in [1.807, 2.05) is 48.5 Å². The average molecular weight is 718 g/mol. The van der Waals surface area contributed by atoms with Crippen LogP contribution in [0.5, 0.6) is 0 Å². The number of ether oxygens (including phenoxy) is 3. The summed E-state index contributed by atoms with van der Waals surface area (Å²) < 4.78 is 16.2. The highest BCUT2D eigenvalue weighted by Crippen LogP contribution is 2.44. The van der Waals surface area contributed by atoms with E-state index in [0.29, 0.717) is 11.3 Å². The number of rotatable bonds is 13. The van der Waals surface area contributed by atoms with Crippen molar-refractivity contribution in [3.63, 3.8) is 0 Å². The molecule has 3 N–H and O–H groups in total. The second kappa shape index (κ2) is 17.5. The molecule has 0 radical (unpaired) electrons. The fourth-order valence-electron chi connectivity index (χ4n) is 5.37. The zero-order valence-electron chi connectivity index (χ0n) is 30.6. The number of fused-ring (bicyclic) bond motifs is 3. The van der Waals surface area contributed by atoms with Gasteiger partial charge in [0.25, 0.3) is 0 Å². The Hall–Kier alpha value is -5.63. The van der Waals surface area contributed by atoms with Crippen LogP contribution in [0.15, 0.2) is 72.8 Å². The van der Waals surface area contributed by atoms with Crippen LogP contribution in [0.2, 0.25) is 0 Å². The van der Waals surface area contributed by atoms with Crippen molar-refractivity contribution < 1.29 is 43.0 Å². The largest absolute Gasteiger partial charge is 0.449 e. The minimum Gasteiger partial charge on any atom is -0.449 e. The first-order chi connectivity index (χ1) is 24.7. The highest BCUT2D eigenvalue weighted by Gasteiger charge is 2.30. The van der Waals surface area contributed by atoms with Crippen LogP contribution in [-0.4, -0.2) is 91.6 Å². The van der Waals surface area contributed by atoms with Crippen molar-refractivity contribution in [1.29, 1.82) is 0 Å². The molecule has 3 aromatic carbocycles. The minimum atomic E-state index is -0.965. The lowest BCUT2D eigenvalue weighted by molar-refractivity contribution is -0.127. The van der Waals surface area contributed by atoms with E-state index in [4.69, 9.17) is 19.0 Å². The standard InChI is InChI=1S/C38H47N5O9/c1-24(39-33(44)25(2)40-35(46)50-23-32-30-14-10-8-12-28(30)29-13-9-11-15-31(29)32)34(45)41-27-18-16-26(17-19-27)22-51-37(48)43(49-7)21-20-42(6)36(47)52-38(3,4)5/h8-19,24-25,32H,20-23H2,1-7H3,(H,39,44)(H,40,46)(H,41,45)/t24-,25-/m0/s1. The molecule has 14 heteroatoms. The summed E-state index contributed by atoms with van der Waals surface area (Å²) in [6, 6.07) is 20.7. The van der Waals surface area contributed by atoms with E-state index in [1.165, 1.54) is 25.9 Å². The predicted octanol–water partition coefficient (Wildman–Crippen LogP) is 5.42. The third-order valence-electron chi connectivity index (χ3n) is 8.17. The Balaban J connectivity index is 1.17. The molecule has 4 rings (SSSR count). The van der Waals surface area contributed by atoms with Crippen molar-refractivity contribution in [2.45, 2.75) is 64.8 Å². The maximum Gasteiger partial charge on any atom is 0.434 e. The second-order valence-electron chi connectivity index (χ2n) is 13.3. The van der Waals surface area contributed by atoms with Gasteiger partial charge in [0.05, 0.1) is 13.7 Å². The fraction of sp³-hybridized carbons (Fsp3) is 0.395. The quantitative estimate of drug-likeness (QED) is 0.155. The normalized spacial score (nSPS) is 13.1. The van der Waals surface area contributed by atoms with Gasteiger partial charge >= 0.3 is 18.3 Å². The molecule has 278 valence electrons. The van der Waals surface area contributed by atoms with E-state index < -0.39 is 47.8 Å². The Kier molecular flexibility index (Phi) is 13.2. The Bertz CT molecular complexity index is 1700. The number of amides is 5. The van der Waals surface area contributed by atoms with Gasteiger partial charge in [0, 0.05) is 25.2 Å². The van der Waals surface area contributed by atoms with Crippen LogP contribution in [0.1, 0.15) is 57.2 Å². The lowest BCUT2D eigenvalue weighted by atomic mass is 9.98. The van der Waals surface area contributed by atoms with Crippen molar-refractivity contribution in [2.24, 2.45) is 0 Å². The van der Waals surface area contributed by atoms with Crippen molar-refractivity contribution in [3.8, 4) is 11.1 Å². The Labute approximate surface area is 303 Å². The summed E-state index contributed by atoms with van der Waals surface area (Å²) in [7, 11) is 2.87. The third-order valence-corrected chi connectivity index (χ3v) is 8.17. The zero-order chi connectivity index (χ0) is 38.0. The van der Waals surface area contributed by atoms with Crippen molar-refractivity contribution in [1.82, 2.24) is 20.6 Å². The molecule has 1 aliphatic rings. The number of benzene rings is 3. The van der Waals surface area contributed by atoms with Gasteiger partial charge in [-0.2, -0.15) is 5.06 Å². The van der Waals surface area contributed by atoms with E-state index in [9.17, 15) is 24.0 Å². The number of hydrogen-bond acceptors (Lipinski definition) is 9. The van der Waals surface area contributed by atoms with Gasteiger partial charge in [-0.05, 0) is 74.6 Å². The number of anilines is 1. The van der Waals surface area contributed by atoms with Gasteiger partial charge in [0.1, 0.15) is 30.9 Å². The molecule has 0 bridgehead atoms. The van der Waals surface area contributed by atoms with Gasteiger partial charge < -0.3 is 35.1 Å². The maximum atomic E-state index is 12.8.